The number of benzene rings is 1. The summed E-state index contributed by atoms with van der Waals surface area (Å²) in [7, 11) is 0. The molecule has 0 radical (unpaired) electrons. The van der Waals surface area contributed by atoms with Gasteiger partial charge in [0.1, 0.15) is 6.04 Å². The lowest BCUT2D eigenvalue weighted by Gasteiger charge is -2.10. The van der Waals surface area contributed by atoms with Crippen LogP contribution >= 0.6 is 0 Å². The van der Waals surface area contributed by atoms with Crippen LogP contribution in [0.3, 0.4) is 0 Å². The second-order valence-electron chi connectivity index (χ2n) is 4.53. The van der Waals surface area contributed by atoms with E-state index in [4.69, 9.17) is 10.5 Å². The average Bonchev–Trinajstić information content (AvgIpc) is 2.44. The van der Waals surface area contributed by atoms with Crippen molar-refractivity contribution in [3.63, 3.8) is 0 Å². The maximum Gasteiger partial charge on any atom is 0.345 e. The van der Waals surface area contributed by atoms with Gasteiger partial charge < -0.3 is 10.5 Å². The molecule has 19 heavy (non-hydrogen) atoms. The molecule has 4 heteroatoms. The smallest absolute Gasteiger partial charge is 0.345 e. The van der Waals surface area contributed by atoms with Crippen LogP contribution in [0.2, 0.25) is 0 Å². The third-order valence-corrected chi connectivity index (χ3v) is 2.87. The first-order valence-corrected chi connectivity index (χ1v) is 6.71. The maximum absolute atomic E-state index is 11.6. The van der Waals surface area contributed by atoms with E-state index in [0.29, 0.717) is 12.0 Å². The van der Waals surface area contributed by atoms with Crippen molar-refractivity contribution in [1.82, 2.24) is 0 Å². The molecule has 4 nitrogen and oxygen atoms in total. The minimum atomic E-state index is -0.718. The highest BCUT2D eigenvalue weighted by atomic mass is 16.6. The third-order valence-electron chi connectivity index (χ3n) is 2.87. The van der Waals surface area contributed by atoms with Gasteiger partial charge in [0, 0.05) is 0 Å². The van der Waals surface area contributed by atoms with Crippen LogP contribution in [0.1, 0.15) is 49.4 Å². The monoisotopic (exact) mass is 263 g/mol. The standard InChI is InChI=1S/C15H21NO3/c1-2-3-4-8-11-13(16)15(18)19-14(17)12-9-6-5-7-10-12/h5-7,9-10,13H,2-4,8,11,16H2,1H3. The van der Waals surface area contributed by atoms with Gasteiger partial charge in [-0.1, -0.05) is 50.8 Å². The first-order valence-electron chi connectivity index (χ1n) is 6.71. The van der Waals surface area contributed by atoms with Crippen LogP contribution < -0.4 is 5.73 Å². The molecule has 0 amide bonds. The third kappa shape index (κ3) is 5.66. The number of carbonyl (C=O) groups is 2. The van der Waals surface area contributed by atoms with Crippen molar-refractivity contribution in [2.45, 2.75) is 45.1 Å². The molecule has 0 saturated carbocycles. The van der Waals surface area contributed by atoms with E-state index in [9.17, 15) is 9.59 Å². The second-order valence-corrected chi connectivity index (χ2v) is 4.53. The first kappa shape index (κ1) is 15.4. The first-order chi connectivity index (χ1) is 9.15. The van der Waals surface area contributed by atoms with Gasteiger partial charge in [-0.2, -0.15) is 0 Å². The van der Waals surface area contributed by atoms with Crippen molar-refractivity contribution in [2.24, 2.45) is 5.73 Å². The Kier molecular flexibility index (Phi) is 6.82. The molecule has 0 aliphatic rings. The predicted molar refractivity (Wildman–Crippen MR) is 73.6 cm³/mol. The zero-order chi connectivity index (χ0) is 14.1. The van der Waals surface area contributed by atoms with Gasteiger partial charge in [-0.15, -0.1) is 0 Å². The summed E-state index contributed by atoms with van der Waals surface area (Å²) in [5.74, 6) is -1.29. The fraction of sp³-hybridized carbons (Fsp3) is 0.467. The molecule has 0 spiro atoms. The van der Waals surface area contributed by atoms with E-state index < -0.39 is 18.0 Å². The number of esters is 2. The summed E-state index contributed by atoms with van der Waals surface area (Å²) in [6.07, 6.45) is 4.74. The Bertz CT molecular complexity index is 403. The molecular formula is C15H21NO3. The zero-order valence-electron chi connectivity index (χ0n) is 11.3. The molecule has 0 aliphatic heterocycles. The van der Waals surface area contributed by atoms with Gasteiger partial charge in [0.25, 0.3) is 0 Å². The number of carbonyl (C=O) groups excluding carboxylic acids is 2. The van der Waals surface area contributed by atoms with E-state index >= 15 is 0 Å². The molecule has 0 bridgehead atoms. The largest absolute Gasteiger partial charge is 0.388 e. The minimum Gasteiger partial charge on any atom is -0.388 e. The SMILES string of the molecule is CCCCCCC(N)C(=O)OC(=O)c1ccccc1. The molecule has 0 heterocycles. The lowest BCUT2D eigenvalue weighted by atomic mass is 10.1. The number of ether oxygens (including phenoxy) is 1. The molecule has 0 aromatic heterocycles. The van der Waals surface area contributed by atoms with E-state index in [1.165, 1.54) is 0 Å². The summed E-state index contributed by atoms with van der Waals surface area (Å²) in [5, 5.41) is 0. The predicted octanol–water partition coefficient (Wildman–Crippen LogP) is 2.67. The molecule has 1 atom stereocenters. The Morgan fingerprint density at radius 1 is 1.16 bits per heavy atom. The topological polar surface area (TPSA) is 69.4 Å². The van der Waals surface area contributed by atoms with Gasteiger partial charge in [0.15, 0.2) is 0 Å². The molecular weight excluding hydrogens is 242 g/mol. The van der Waals surface area contributed by atoms with E-state index in [-0.39, 0.29) is 0 Å². The highest BCUT2D eigenvalue weighted by Gasteiger charge is 2.19. The van der Waals surface area contributed by atoms with Crippen molar-refractivity contribution >= 4 is 11.9 Å². The number of rotatable bonds is 7. The molecule has 1 aromatic carbocycles. The van der Waals surface area contributed by atoms with Crippen LogP contribution in [-0.2, 0) is 9.53 Å². The summed E-state index contributed by atoms with van der Waals surface area (Å²) < 4.78 is 4.75. The fourth-order valence-corrected chi connectivity index (χ4v) is 1.71. The summed E-state index contributed by atoms with van der Waals surface area (Å²) in [4.78, 5) is 23.3. The molecule has 1 rings (SSSR count). The summed E-state index contributed by atoms with van der Waals surface area (Å²) in [6.45, 7) is 2.12. The molecule has 2 N–H and O–H groups in total. The van der Waals surface area contributed by atoms with Crippen molar-refractivity contribution in [3.05, 3.63) is 35.9 Å². The maximum atomic E-state index is 11.6. The van der Waals surface area contributed by atoms with Gasteiger partial charge in [-0.25, -0.2) is 9.59 Å². The lowest BCUT2D eigenvalue weighted by molar-refractivity contribution is -0.139. The van der Waals surface area contributed by atoms with Crippen LogP contribution in [0.4, 0.5) is 0 Å². The molecule has 1 aromatic rings. The average molecular weight is 263 g/mol. The van der Waals surface area contributed by atoms with Gasteiger partial charge in [0.05, 0.1) is 5.56 Å². The summed E-state index contributed by atoms with van der Waals surface area (Å²) >= 11 is 0. The van der Waals surface area contributed by atoms with Crippen molar-refractivity contribution < 1.29 is 14.3 Å². The van der Waals surface area contributed by atoms with Gasteiger partial charge >= 0.3 is 11.9 Å². The van der Waals surface area contributed by atoms with Crippen molar-refractivity contribution in [2.75, 3.05) is 0 Å². The van der Waals surface area contributed by atoms with Crippen molar-refractivity contribution in [1.29, 1.82) is 0 Å². The van der Waals surface area contributed by atoms with E-state index in [1.54, 1.807) is 30.3 Å². The molecule has 1 unspecified atom stereocenters. The van der Waals surface area contributed by atoms with Crippen LogP contribution in [0.5, 0.6) is 0 Å². The highest BCUT2D eigenvalue weighted by Crippen LogP contribution is 2.07. The Labute approximate surface area is 113 Å². The van der Waals surface area contributed by atoms with Crippen LogP contribution in [0.25, 0.3) is 0 Å². The van der Waals surface area contributed by atoms with E-state index in [2.05, 4.69) is 6.92 Å². The Morgan fingerprint density at radius 3 is 2.47 bits per heavy atom. The van der Waals surface area contributed by atoms with Crippen LogP contribution in [0, 0.1) is 0 Å². The zero-order valence-corrected chi connectivity index (χ0v) is 11.3. The highest BCUT2D eigenvalue weighted by molar-refractivity contribution is 5.97. The van der Waals surface area contributed by atoms with Gasteiger partial charge in [-0.05, 0) is 18.6 Å². The number of hydrogen-bond acceptors (Lipinski definition) is 4. The lowest BCUT2D eigenvalue weighted by Crippen LogP contribution is -2.33. The fourth-order valence-electron chi connectivity index (χ4n) is 1.71. The van der Waals surface area contributed by atoms with E-state index in [1.807, 2.05) is 0 Å². The molecule has 104 valence electrons. The number of hydrogen-bond donors (Lipinski definition) is 1. The van der Waals surface area contributed by atoms with Gasteiger partial charge in [0.2, 0.25) is 0 Å². The summed E-state index contributed by atoms with van der Waals surface area (Å²) in [5.41, 5.74) is 6.05. The minimum absolute atomic E-state index is 0.356. The quantitative estimate of drug-likeness (QED) is 0.466. The molecule has 0 aliphatic carbocycles. The normalized spacial score (nSPS) is 11.9. The Morgan fingerprint density at radius 2 is 1.84 bits per heavy atom. The van der Waals surface area contributed by atoms with Crippen LogP contribution in [-0.4, -0.2) is 18.0 Å². The van der Waals surface area contributed by atoms with Crippen LogP contribution in [0.15, 0.2) is 30.3 Å². The number of unbranched alkanes of at least 4 members (excludes halogenated alkanes) is 3. The van der Waals surface area contributed by atoms with E-state index in [0.717, 1.165) is 25.7 Å². The Balaban J connectivity index is 2.35. The molecule has 0 fully saturated rings. The summed E-state index contributed by atoms with van der Waals surface area (Å²) in [6, 6.07) is 7.70. The van der Waals surface area contributed by atoms with Gasteiger partial charge in [-0.3, -0.25) is 0 Å². The number of nitrogens with two attached hydrogens (primary N) is 1. The molecule has 0 saturated heterocycles. The van der Waals surface area contributed by atoms with Crippen molar-refractivity contribution in [3.8, 4) is 0 Å². The second kappa shape index (κ2) is 8.43. The Hall–Kier alpha value is -1.68.